The molecule has 4 heteroatoms. The molecule has 2 N–H and O–H groups in total. The van der Waals surface area contributed by atoms with Crippen LogP contribution in [0.4, 0.5) is 5.69 Å². The van der Waals surface area contributed by atoms with E-state index in [4.69, 9.17) is 4.74 Å². The molecule has 2 fully saturated rings. The van der Waals surface area contributed by atoms with E-state index in [0.717, 1.165) is 37.1 Å². The number of carboxylic acids is 1. The van der Waals surface area contributed by atoms with E-state index in [1.54, 1.807) is 7.11 Å². The van der Waals surface area contributed by atoms with Crippen molar-refractivity contribution in [3.63, 3.8) is 0 Å². The van der Waals surface area contributed by atoms with Crippen LogP contribution in [-0.4, -0.2) is 23.7 Å². The Bertz CT molecular complexity index is 480. The van der Waals surface area contributed by atoms with Gasteiger partial charge in [0.1, 0.15) is 11.3 Å². The minimum Gasteiger partial charge on any atom is -0.497 e. The van der Waals surface area contributed by atoms with Crippen molar-refractivity contribution < 1.29 is 14.6 Å². The van der Waals surface area contributed by atoms with Crippen LogP contribution in [0.2, 0.25) is 0 Å². The SMILES string of the molecule is COc1cccc(NC(C(=O)O)(C2CC2)C2CC2)c1. The van der Waals surface area contributed by atoms with Gasteiger partial charge in [-0.3, -0.25) is 0 Å². The zero-order valence-electron chi connectivity index (χ0n) is 11.1. The van der Waals surface area contributed by atoms with Crippen molar-refractivity contribution in [1.29, 1.82) is 0 Å². The summed E-state index contributed by atoms with van der Waals surface area (Å²) in [5.74, 6) is 0.573. The Hall–Kier alpha value is -1.71. The first-order valence-corrected chi connectivity index (χ1v) is 6.82. The first-order valence-electron chi connectivity index (χ1n) is 6.82. The number of rotatable bonds is 6. The predicted molar refractivity (Wildman–Crippen MR) is 72.4 cm³/mol. The van der Waals surface area contributed by atoms with Crippen LogP contribution in [0, 0.1) is 11.8 Å². The van der Waals surface area contributed by atoms with Gasteiger partial charge < -0.3 is 15.2 Å². The van der Waals surface area contributed by atoms with E-state index in [1.807, 2.05) is 24.3 Å². The average molecular weight is 261 g/mol. The lowest BCUT2D eigenvalue weighted by Gasteiger charge is -2.32. The molecule has 0 bridgehead atoms. The Morgan fingerprint density at radius 2 is 1.95 bits per heavy atom. The number of ether oxygens (including phenoxy) is 1. The summed E-state index contributed by atoms with van der Waals surface area (Å²) in [7, 11) is 1.62. The van der Waals surface area contributed by atoms with E-state index in [-0.39, 0.29) is 11.8 Å². The minimum atomic E-state index is -0.771. The number of anilines is 1. The van der Waals surface area contributed by atoms with Gasteiger partial charge in [-0.1, -0.05) is 6.07 Å². The van der Waals surface area contributed by atoms with E-state index < -0.39 is 11.5 Å². The highest BCUT2D eigenvalue weighted by Gasteiger charge is 2.59. The zero-order valence-corrected chi connectivity index (χ0v) is 11.1. The summed E-state index contributed by atoms with van der Waals surface area (Å²) in [6.45, 7) is 0. The molecular formula is C15H19NO3. The lowest BCUT2D eigenvalue weighted by Crippen LogP contribution is -2.50. The maximum Gasteiger partial charge on any atom is 0.329 e. The highest BCUT2D eigenvalue weighted by atomic mass is 16.5. The second-order valence-corrected chi connectivity index (χ2v) is 5.58. The van der Waals surface area contributed by atoms with Crippen molar-refractivity contribution in [3.05, 3.63) is 24.3 Å². The number of carbonyl (C=O) groups is 1. The summed E-state index contributed by atoms with van der Waals surface area (Å²) >= 11 is 0. The molecular weight excluding hydrogens is 242 g/mol. The van der Waals surface area contributed by atoms with Crippen LogP contribution in [0.25, 0.3) is 0 Å². The molecule has 2 aliphatic carbocycles. The monoisotopic (exact) mass is 261 g/mol. The van der Waals surface area contributed by atoms with Gasteiger partial charge in [-0.15, -0.1) is 0 Å². The Labute approximate surface area is 112 Å². The third kappa shape index (κ3) is 2.15. The van der Waals surface area contributed by atoms with Gasteiger partial charge in [0.25, 0.3) is 0 Å². The molecule has 0 unspecified atom stereocenters. The standard InChI is InChI=1S/C15H19NO3/c1-19-13-4-2-3-12(9-13)16-15(14(17)18,10-5-6-10)11-7-8-11/h2-4,9-11,16H,5-8H2,1H3,(H,17,18). The molecule has 1 aromatic carbocycles. The zero-order chi connectivity index (χ0) is 13.5. The van der Waals surface area contributed by atoms with Gasteiger partial charge in [0.05, 0.1) is 7.11 Å². The van der Waals surface area contributed by atoms with E-state index in [1.165, 1.54) is 0 Å². The maximum atomic E-state index is 11.8. The van der Waals surface area contributed by atoms with Crippen molar-refractivity contribution in [2.75, 3.05) is 12.4 Å². The third-order valence-electron chi connectivity index (χ3n) is 4.22. The van der Waals surface area contributed by atoms with Crippen LogP contribution < -0.4 is 10.1 Å². The molecule has 0 heterocycles. The molecule has 1 aromatic rings. The number of carboxylic acid groups (broad SMARTS) is 1. The van der Waals surface area contributed by atoms with Gasteiger partial charge in [-0.2, -0.15) is 0 Å². The highest BCUT2D eigenvalue weighted by Crippen LogP contribution is 2.53. The number of hydrogen-bond donors (Lipinski definition) is 2. The Morgan fingerprint density at radius 3 is 2.42 bits per heavy atom. The lowest BCUT2D eigenvalue weighted by molar-refractivity contribution is -0.144. The molecule has 3 rings (SSSR count). The van der Waals surface area contributed by atoms with Crippen LogP contribution in [0.3, 0.4) is 0 Å². The molecule has 0 amide bonds. The first kappa shape index (κ1) is 12.3. The minimum absolute atomic E-state index is 0.267. The molecule has 0 aliphatic heterocycles. The fourth-order valence-corrected chi connectivity index (χ4v) is 2.96. The number of nitrogens with one attached hydrogen (secondary N) is 1. The van der Waals surface area contributed by atoms with Gasteiger partial charge in [0, 0.05) is 11.8 Å². The molecule has 0 saturated heterocycles. The van der Waals surface area contributed by atoms with Gasteiger partial charge in [-0.05, 0) is 49.7 Å². The fourth-order valence-electron chi connectivity index (χ4n) is 2.96. The molecule has 0 atom stereocenters. The summed E-state index contributed by atoms with van der Waals surface area (Å²) in [5, 5.41) is 13.0. The van der Waals surface area contributed by atoms with Gasteiger partial charge in [0.2, 0.25) is 0 Å². The Balaban J connectivity index is 1.90. The third-order valence-corrected chi connectivity index (χ3v) is 4.22. The summed E-state index contributed by atoms with van der Waals surface area (Å²) < 4.78 is 5.19. The van der Waals surface area contributed by atoms with Crippen molar-refractivity contribution in [2.45, 2.75) is 31.2 Å². The molecule has 102 valence electrons. The van der Waals surface area contributed by atoms with Crippen LogP contribution in [0.1, 0.15) is 25.7 Å². The number of methoxy groups -OCH3 is 1. The smallest absolute Gasteiger partial charge is 0.329 e. The molecule has 4 nitrogen and oxygen atoms in total. The van der Waals surface area contributed by atoms with E-state index in [0.29, 0.717) is 0 Å². The summed E-state index contributed by atoms with van der Waals surface area (Å²) in [6.07, 6.45) is 4.05. The lowest BCUT2D eigenvalue weighted by atomic mass is 9.87. The average Bonchev–Trinajstić information content (AvgIpc) is 3.28. The van der Waals surface area contributed by atoms with E-state index in [2.05, 4.69) is 5.32 Å². The van der Waals surface area contributed by atoms with Crippen molar-refractivity contribution in [1.82, 2.24) is 0 Å². The quantitative estimate of drug-likeness (QED) is 0.826. The van der Waals surface area contributed by atoms with Gasteiger partial charge >= 0.3 is 5.97 Å². The van der Waals surface area contributed by atoms with Crippen molar-refractivity contribution in [2.24, 2.45) is 11.8 Å². The highest BCUT2D eigenvalue weighted by molar-refractivity contribution is 5.85. The van der Waals surface area contributed by atoms with Gasteiger partial charge in [0.15, 0.2) is 0 Å². The summed E-state index contributed by atoms with van der Waals surface area (Å²) in [5.41, 5.74) is 0.0624. The number of hydrogen-bond acceptors (Lipinski definition) is 3. The molecule has 19 heavy (non-hydrogen) atoms. The summed E-state index contributed by atoms with van der Waals surface area (Å²) in [4.78, 5) is 11.8. The van der Waals surface area contributed by atoms with Crippen LogP contribution in [0.5, 0.6) is 5.75 Å². The molecule has 0 spiro atoms. The fraction of sp³-hybridized carbons (Fsp3) is 0.533. The normalized spacial score (nSPS) is 19.0. The van der Waals surface area contributed by atoms with Crippen LogP contribution >= 0.6 is 0 Å². The Kier molecular flexibility index (Phi) is 2.88. The molecule has 2 saturated carbocycles. The Morgan fingerprint density at radius 1 is 1.32 bits per heavy atom. The van der Waals surface area contributed by atoms with Crippen molar-refractivity contribution in [3.8, 4) is 5.75 Å². The van der Waals surface area contributed by atoms with Gasteiger partial charge in [-0.25, -0.2) is 4.79 Å². The second-order valence-electron chi connectivity index (χ2n) is 5.58. The molecule has 0 radical (unpaired) electrons. The maximum absolute atomic E-state index is 11.8. The first-order chi connectivity index (χ1) is 9.16. The van der Waals surface area contributed by atoms with Crippen molar-refractivity contribution >= 4 is 11.7 Å². The molecule has 0 aromatic heterocycles. The second kappa shape index (κ2) is 4.44. The van der Waals surface area contributed by atoms with Crippen LogP contribution in [0.15, 0.2) is 24.3 Å². The number of benzene rings is 1. The van der Waals surface area contributed by atoms with E-state index in [9.17, 15) is 9.90 Å². The van der Waals surface area contributed by atoms with Crippen LogP contribution in [-0.2, 0) is 4.79 Å². The largest absolute Gasteiger partial charge is 0.497 e. The molecule has 2 aliphatic rings. The number of aliphatic carboxylic acids is 1. The predicted octanol–water partition coefficient (Wildman–Crippen LogP) is 2.75. The summed E-state index contributed by atoms with van der Waals surface area (Å²) in [6, 6.07) is 7.52. The van der Waals surface area contributed by atoms with E-state index >= 15 is 0 Å². The topological polar surface area (TPSA) is 58.6 Å².